The number of rotatable bonds is 3. The van der Waals surface area contributed by atoms with E-state index >= 15 is 0 Å². The molecule has 2 unspecified atom stereocenters. The first-order valence-electron chi connectivity index (χ1n) is 4.60. The van der Waals surface area contributed by atoms with Crippen LogP contribution in [0.2, 0.25) is 0 Å². The van der Waals surface area contributed by atoms with E-state index in [2.05, 4.69) is 0 Å². The molecule has 5 nitrogen and oxygen atoms in total. The average Bonchev–Trinajstić information content (AvgIpc) is 2.17. The van der Waals surface area contributed by atoms with Crippen molar-refractivity contribution in [3.63, 3.8) is 0 Å². The van der Waals surface area contributed by atoms with Gasteiger partial charge in [-0.1, -0.05) is 13.0 Å². The molecule has 0 radical (unpaired) electrons. The Balaban J connectivity index is 3.20. The predicted octanol–water partition coefficient (Wildman–Crippen LogP) is 0.697. The maximum absolute atomic E-state index is 11.6. The molecule has 15 heavy (non-hydrogen) atoms. The first-order valence-corrected chi connectivity index (χ1v) is 4.60. The summed E-state index contributed by atoms with van der Waals surface area (Å²) >= 11 is 0. The summed E-state index contributed by atoms with van der Waals surface area (Å²) in [4.78, 5) is 33.5. The van der Waals surface area contributed by atoms with Crippen molar-refractivity contribution in [2.45, 2.75) is 19.8 Å². The van der Waals surface area contributed by atoms with Crippen LogP contribution in [0.25, 0.3) is 0 Å². The molecule has 0 saturated heterocycles. The molecule has 0 aliphatic heterocycles. The van der Waals surface area contributed by atoms with Gasteiger partial charge in [0.05, 0.1) is 5.92 Å². The number of carboxylic acid groups (broad SMARTS) is 2. The Bertz CT molecular complexity index is 344. The van der Waals surface area contributed by atoms with Crippen LogP contribution in [-0.4, -0.2) is 27.9 Å². The summed E-state index contributed by atoms with van der Waals surface area (Å²) < 4.78 is 0. The zero-order valence-electron chi connectivity index (χ0n) is 8.27. The molecule has 1 aliphatic carbocycles. The molecule has 2 atom stereocenters. The Kier molecular flexibility index (Phi) is 2.93. The van der Waals surface area contributed by atoms with Crippen LogP contribution in [0.4, 0.5) is 0 Å². The van der Waals surface area contributed by atoms with E-state index in [4.69, 9.17) is 10.2 Å². The van der Waals surface area contributed by atoms with E-state index in [1.807, 2.05) is 0 Å². The number of ketones is 1. The number of carbonyl (C=O) groups excluding carboxylic acids is 1. The maximum Gasteiger partial charge on any atom is 0.318 e. The molecule has 0 heterocycles. The largest absolute Gasteiger partial charge is 0.481 e. The van der Waals surface area contributed by atoms with Crippen LogP contribution in [0, 0.1) is 11.3 Å². The molecule has 0 aromatic carbocycles. The van der Waals surface area contributed by atoms with Crippen LogP contribution >= 0.6 is 0 Å². The molecule has 0 saturated carbocycles. The van der Waals surface area contributed by atoms with Crippen LogP contribution < -0.4 is 0 Å². The van der Waals surface area contributed by atoms with E-state index in [1.54, 1.807) is 6.08 Å². The van der Waals surface area contributed by atoms with Crippen molar-refractivity contribution >= 4 is 17.7 Å². The number of aliphatic carboxylic acids is 2. The zero-order valence-corrected chi connectivity index (χ0v) is 8.27. The molecular formula is C10H12O5. The second kappa shape index (κ2) is 3.84. The first kappa shape index (κ1) is 11.4. The fourth-order valence-electron chi connectivity index (χ4n) is 1.81. The van der Waals surface area contributed by atoms with Crippen molar-refractivity contribution in [3.05, 3.63) is 12.2 Å². The SMILES string of the molecule is CC(C(=O)O)C1(C(=O)O)CCC=CC1=O. The molecule has 0 aromatic heterocycles. The Labute approximate surface area is 86.4 Å². The molecule has 0 spiro atoms. The monoisotopic (exact) mass is 212 g/mol. The van der Waals surface area contributed by atoms with Gasteiger partial charge in [0.15, 0.2) is 5.78 Å². The van der Waals surface area contributed by atoms with Crippen molar-refractivity contribution in [2.24, 2.45) is 11.3 Å². The van der Waals surface area contributed by atoms with Gasteiger partial charge in [-0.2, -0.15) is 0 Å². The van der Waals surface area contributed by atoms with Gasteiger partial charge in [-0.15, -0.1) is 0 Å². The van der Waals surface area contributed by atoms with Crippen LogP contribution in [0.3, 0.4) is 0 Å². The molecule has 0 aromatic rings. The number of hydrogen-bond donors (Lipinski definition) is 2. The van der Waals surface area contributed by atoms with Crippen molar-refractivity contribution in [3.8, 4) is 0 Å². The van der Waals surface area contributed by atoms with Gasteiger partial charge in [-0.05, 0) is 18.9 Å². The molecule has 2 N–H and O–H groups in total. The maximum atomic E-state index is 11.6. The number of carbonyl (C=O) groups is 3. The highest BCUT2D eigenvalue weighted by atomic mass is 16.4. The lowest BCUT2D eigenvalue weighted by atomic mass is 9.67. The number of carboxylic acids is 2. The van der Waals surface area contributed by atoms with E-state index in [9.17, 15) is 14.4 Å². The lowest BCUT2D eigenvalue weighted by Gasteiger charge is -2.32. The van der Waals surface area contributed by atoms with E-state index in [0.717, 1.165) is 6.08 Å². The summed E-state index contributed by atoms with van der Waals surface area (Å²) in [5.41, 5.74) is -1.79. The van der Waals surface area contributed by atoms with Gasteiger partial charge in [0.25, 0.3) is 0 Å². The minimum absolute atomic E-state index is 0.0468. The smallest absolute Gasteiger partial charge is 0.318 e. The minimum atomic E-state index is -1.79. The standard InChI is InChI=1S/C10H12O5/c1-6(8(12)13)10(9(14)15)5-3-2-4-7(10)11/h2,4,6H,3,5H2,1H3,(H,12,13)(H,14,15). The summed E-state index contributed by atoms with van der Waals surface area (Å²) in [7, 11) is 0. The van der Waals surface area contributed by atoms with Crippen molar-refractivity contribution in [1.82, 2.24) is 0 Å². The predicted molar refractivity (Wildman–Crippen MR) is 50.2 cm³/mol. The van der Waals surface area contributed by atoms with Gasteiger partial charge in [0, 0.05) is 0 Å². The molecular weight excluding hydrogens is 200 g/mol. The van der Waals surface area contributed by atoms with E-state index in [-0.39, 0.29) is 6.42 Å². The molecule has 0 amide bonds. The van der Waals surface area contributed by atoms with Gasteiger partial charge < -0.3 is 10.2 Å². The van der Waals surface area contributed by atoms with Crippen LogP contribution in [0.15, 0.2) is 12.2 Å². The van der Waals surface area contributed by atoms with Crippen molar-refractivity contribution in [1.29, 1.82) is 0 Å². The lowest BCUT2D eigenvalue weighted by Crippen LogP contribution is -2.48. The van der Waals surface area contributed by atoms with Gasteiger partial charge in [0.1, 0.15) is 5.41 Å². The van der Waals surface area contributed by atoms with Crippen LogP contribution in [0.5, 0.6) is 0 Å². The van der Waals surface area contributed by atoms with Crippen LogP contribution in [-0.2, 0) is 14.4 Å². The highest BCUT2D eigenvalue weighted by molar-refractivity contribution is 6.11. The third kappa shape index (κ3) is 1.65. The Morgan fingerprint density at radius 3 is 2.47 bits per heavy atom. The third-order valence-electron chi connectivity index (χ3n) is 2.91. The fourth-order valence-corrected chi connectivity index (χ4v) is 1.81. The topological polar surface area (TPSA) is 91.7 Å². The van der Waals surface area contributed by atoms with Crippen molar-refractivity contribution in [2.75, 3.05) is 0 Å². The molecule has 0 bridgehead atoms. The van der Waals surface area contributed by atoms with Gasteiger partial charge in [0.2, 0.25) is 0 Å². The van der Waals surface area contributed by atoms with Gasteiger partial charge >= 0.3 is 11.9 Å². The highest BCUT2D eigenvalue weighted by Gasteiger charge is 2.52. The molecule has 1 rings (SSSR count). The van der Waals surface area contributed by atoms with E-state index < -0.39 is 29.1 Å². The van der Waals surface area contributed by atoms with Gasteiger partial charge in [-0.25, -0.2) is 0 Å². The summed E-state index contributed by atoms with van der Waals surface area (Å²) in [6.07, 6.45) is 3.19. The zero-order chi connectivity index (χ0) is 11.6. The van der Waals surface area contributed by atoms with E-state index in [1.165, 1.54) is 6.92 Å². The lowest BCUT2D eigenvalue weighted by molar-refractivity contribution is -0.166. The van der Waals surface area contributed by atoms with Gasteiger partial charge in [-0.3, -0.25) is 14.4 Å². The highest BCUT2D eigenvalue weighted by Crippen LogP contribution is 2.38. The summed E-state index contributed by atoms with van der Waals surface area (Å²) in [6, 6.07) is 0. The Hall–Kier alpha value is -1.65. The second-order valence-corrected chi connectivity index (χ2v) is 3.64. The summed E-state index contributed by atoms with van der Waals surface area (Å²) in [6.45, 7) is 1.26. The summed E-state index contributed by atoms with van der Waals surface area (Å²) in [5, 5.41) is 17.9. The average molecular weight is 212 g/mol. The number of allylic oxidation sites excluding steroid dienone is 2. The van der Waals surface area contributed by atoms with E-state index in [0.29, 0.717) is 6.42 Å². The normalized spacial score (nSPS) is 27.4. The molecule has 5 heteroatoms. The molecule has 82 valence electrons. The minimum Gasteiger partial charge on any atom is -0.481 e. The third-order valence-corrected chi connectivity index (χ3v) is 2.91. The van der Waals surface area contributed by atoms with Crippen LogP contribution in [0.1, 0.15) is 19.8 Å². The number of hydrogen-bond acceptors (Lipinski definition) is 3. The second-order valence-electron chi connectivity index (χ2n) is 3.64. The summed E-state index contributed by atoms with van der Waals surface area (Å²) in [5.74, 6) is -4.46. The quantitative estimate of drug-likeness (QED) is 0.672. The molecule has 0 fully saturated rings. The first-order chi connectivity index (χ1) is 6.93. The fraction of sp³-hybridized carbons (Fsp3) is 0.500. The molecule has 1 aliphatic rings. The Morgan fingerprint density at radius 1 is 1.47 bits per heavy atom. The van der Waals surface area contributed by atoms with Crippen molar-refractivity contribution < 1.29 is 24.6 Å². The Morgan fingerprint density at radius 2 is 2.07 bits per heavy atom.